The van der Waals surface area contributed by atoms with Gasteiger partial charge in [-0.15, -0.1) is 0 Å². The molecule has 98 valence electrons. The molecule has 0 aliphatic heterocycles. The van der Waals surface area contributed by atoms with E-state index in [1.807, 2.05) is 19.2 Å². The van der Waals surface area contributed by atoms with Crippen LogP contribution in [0.4, 0.5) is 0 Å². The van der Waals surface area contributed by atoms with E-state index in [0.717, 1.165) is 18.7 Å². The normalized spacial score (nSPS) is 10.4. The Kier molecular flexibility index (Phi) is 5.74. The predicted molar refractivity (Wildman–Crippen MR) is 75.5 cm³/mol. The number of methoxy groups -OCH3 is 1. The summed E-state index contributed by atoms with van der Waals surface area (Å²) in [6.07, 6.45) is 0.714. The fourth-order valence-electron chi connectivity index (χ4n) is 1.56. The Morgan fingerprint density at radius 2 is 2.00 bits per heavy atom. The molecule has 0 aliphatic rings. The largest absolute Gasteiger partial charge is 0.465 e. The summed E-state index contributed by atoms with van der Waals surface area (Å²) in [5, 5.41) is 0. The first kappa shape index (κ1) is 14.6. The number of carbonyl (C=O) groups is 1. The Hall–Kier alpha value is -1.46. The average Bonchev–Trinajstić information content (AvgIpc) is 2.36. The van der Waals surface area contributed by atoms with E-state index in [-0.39, 0.29) is 5.97 Å². The lowest BCUT2D eigenvalue weighted by Crippen LogP contribution is -2.23. The van der Waals surface area contributed by atoms with E-state index < -0.39 is 0 Å². The van der Waals surface area contributed by atoms with Crippen molar-refractivity contribution >= 4 is 23.2 Å². The van der Waals surface area contributed by atoms with Crippen LogP contribution in [0.2, 0.25) is 0 Å². The van der Waals surface area contributed by atoms with Gasteiger partial charge < -0.3 is 15.4 Å². The smallest absolute Gasteiger partial charge is 0.337 e. The first-order valence-corrected chi connectivity index (χ1v) is 6.08. The van der Waals surface area contributed by atoms with Crippen molar-refractivity contribution in [2.45, 2.75) is 13.0 Å². The van der Waals surface area contributed by atoms with E-state index in [9.17, 15) is 4.79 Å². The first-order chi connectivity index (χ1) is 8.52. The van der Waals surface area contributed by atoms with Gasteiger partial charge in [0.2, 0.25) is 0 Å². The van der Waals surface area contributed by atoms with Crippen molar-refractivity contribution in [1.82, 2.24) is 4.90 Å². The van der Waals surface area contributed by atoms with Crippen LogP contribution in [0.25, 0.3) is 0 Å². The van der Waals surface area contributed by atoms with Crippen molar-refractivity contribution in [3.8, 4) is 0 Å². The lowest BCUT2D eigenvalue weighted by Gasteiger charge is -2.16. The van der Waals surface area contributed by atoms with E-state index in [1.165, 1.54) is 7.11 Å². The quantitative estimate of drug-likeness (QED) is 0.626. The number of carbonyl (C=O) groups excluding carboxylic acids is 1. The Bertz CT molecular complexity index is 418. The fourth-order valence-corrected chi connectivity index (χ4v) is 1.65. The third-order valence-corrected chi connectivity index (χ3v) is 2.77. The SMILES string of the molecule is COC(=O)c1ccc(CN(C)CCC(N)=S)cc1. The molecule has 4 nitrogen and oxygen atoms in total. The topological polar surface area (TPSA) is 55.6 Å². The molecule has 0 amide bonds. The second-order valence-corrected chi connectivity index (χ2v) is 4.67. The standard InChI is InChI=1S/C13H18N2O2S/c1-15(8-7-12(14)18)9-10-3-5-11(6-4-10)13(16)17-2/h3-6H,7-9H2,1-2H3,(H2,14,18). The highest BCUT2D eigenvalue weighted by Crippen LogP contribution is 2.08. The summed E-state index contributed by atoms with van der Waals surface area (Å²) in [5.74, 6) is -0.316. The zero-order chi connectivity index (χ0) is 13.5. The number of thiocarbonyl (C=S) groups is 1. The van der Waals surface area contributed by atoms with Gasteiger partial charge >= 0.3 is 5.97 Å². The number of esters is 1. The van der Waals surface area contributed by atoms with E-state index in [2.05, 4.69) is 9.64 Å². The van der Waals surface area contributed by atoms with Crippen LogP contribution in [0.15, 0.2) is 24.3 Å². The third kappa shape index (κ3) is 4.81. The molecule has 1 aromatic rings. The molecular weight excluding hydrogens is 248 g/mol. The molecule has 0 saturated heterocycles. The maximum absolute atomic E-state index is 11.3. The van der Waals surface area contributed by atoms with E-state index in [1.54, 1.807) is 12.1 Å². The molecule has 0 radical (unpaired) electrons. The van der Waals surface area contributed by atoms with Gasteiger partial charge in [-0.1, -0.05) is 24.4 Å². The maximum Gasteiger partial charge on any atom is 0.337 e. The molecule has 5 heteroatoms. The number of nitrogens with zero attached hydrogens (tertiary/aromatic N) is 1. The van der Waals surface area contributed by atoms with Crippen molar-refractivity contribution in [2.24, 2.45) is 5.73 Å². The summed E-state index contributed by atoms with van der Waals surface area (Å²) >= 11 is 4.84. The number of hydrogen-bond acceptors (Lipinski definition) is 4. The van der Waals surface area contributed by atoms with Crippen molar-refractivity contribution in [3.05, 3.63) is 35.4 Å². The Morgan fingerprint density at radius 3 is 2.50 bits per heavy atom. The van der Waals surface area contributed by atoms with E-state index >= 15 is 0 Å². The molecule has 18 heavy (non-hydrogen) atoms. The van der Waals surface area contributed by atoms with Gasteiger partial charge in [-0.2, -0.15) is 0 Å². The van der Waals surface area contributed by atoms with E-state index in [4.69, 9.17) is 18.0 Å². The molecule has 0 aromatic heterocycles. The minimum atomic E-state index is -0.316. The fraction of sp³-hybridized carbons (Fsp3) is 0.385. The molecule has 0 saturated carbocycles. The van der Waals surface area contributed by atoms with Crippen molar-refractivity contribution < 1.29 is 9.53 Å². The number of ether oxygens (including phenoxy) is 1. The monoisotopic (exact) mass is 266 g/mol. The van der Waals surface area contributed by atoms with Crippen LogP contribution in [0.1, 0.15) is 22.3 Å². The zero-order valence-electron chi connectivity index (χ0n) is 10.7. The number of nitrogens with two attached hydrogens (primary N) is 1. The predicted octanol–water partition coefficient (Wildman–Crippen LogP) is 1.58. The van der Waals surface area contributed by atoms with Gasteiger partial charge in [0.25, 0.3) is 0 Å². The molecular formula is C13H18N2O2S. The third-order valence-electron chi connectivity index (χ3n) is 2.57. The van der Waals surface area contributed by atoms with Crippen molar-refractivity contribution in [2.75, 3.05) is 20.7 Å². The summed E-state index contributed by atoms with van der Waals surface area (Å²) in [6, 6.07) is 7.37. The maximum atomic E-state index is 11.3. The number of rotatable bonds is 6. The van der Waals surface area contributed by atoms with Crippen LogP contribution in [-0.2, 0) is 11.3 Å². The van der Waals surface area contributed by atoms with Gasteiger partial charge in [0.15, 0.2) is 0 Å². The summed E-state index contributed by atoms with van der Waals surface area (Å²) < 4.78 is 4.64. The highest BCUT2D eigenvalue weighted by molar-refractivity contribution is 7.80. The van der Waals surface area contributed by atoms with Crippen LogP contribution in [0.5, 0.6) is 0 Å². The highest BCUT2D eigenvalue weighted by Gasteiger charge is 2.05. The number of benzene rings is 1. The second kappa shape index (κ2) is 7.08. The van der Waals surface area contributed by atoms with Gasteiger partial charge in [0.05, 0.1) is 17.7 Å². The van der Waals surface area contributed by atoms with Gasteiger partial charge in [-0.05, 0) is 24.7 Å². The molecule has 0 unspecified atom stereocenters. The van der Waals surface area contributed by atoms with E-state index in [0.29, 0.717) is 17.0 Å². The number of hydrogen-bond donors (Lipinski definition) is 1. The van der Waals surface area contributed by atoms with Gasteiger partial charge in [-0.25, -0.2) is 4.79 Å². The molecule has 2 N–H and O–H groups in total. The minimum absolute atomic E-state index is 0.316. The molecule has 0 spiro atoms. The average molecular weight is 266 g/mol. The van der Waals surface area contributed by atoms with Crippen LogP contribution < -0.4 is 5.73 Å². The van der Waals surface area contributed by atoms with Crippen LogP contribution in [0.3, 0.4) is 0 Å². The molecule has 1 rings (SSSR count). The van der Waals surface area contributed by atoms with Gasteiger partial charge in [0, 0.05) is 19.5 Å². The summed E-state index contributed by atoms with van der Waals surface area (Å²) in [4.78, 5) is 13.9. The molecule has 0 bridgehead atoms. The lowest BCUT2D eigenvalue weighted by molar-refractivity contribution is 0.0600. The summed E-state index contributed by atoms with van der Waals surface area (Å²) in [6.45, 7) is 1.62. The minimum Gasteiger partial charge on any atom is -0.465 e. The lowest BCUT2D eigenvalue weighted by atomic mass is 10.1. The summed E-state index contributed by atoms with van der Waals surface area (Å²) in [5.41, 5.74) is 7.15. The second-order valence-electron chi connectivity index (χ2n) is 4.14. The molecule has 0 aliphatic carbocycles. The van der Waals surface area contributed by atoms with Crippen LogP contribution >= 0.6 is 12.2 Å². The summed E-state index contributed by atoms with van der Waals surface area (Å²) in [7, 11) is 3.38. The Morgan fingerprint density at radius 1 is 1.39 bits per heavy atom. The van der Waals surface area contributed by atoms with Crippen molar-refractivity contribution in [3.63, 3.8) is 0 Å². The van der Waals surface area contributed by atoms with Crippen molar-refractivity contribution in [1.29, 1.82) is 0 Å². The van der Waals surface area contributed by atoms with Crippen LogP contribution in [0, 0.1) is 0 Å². The highest BCUT2D eigenvalue weighted by atomic mass is 32.1. The Balaban J connectivity index is 2.53. The first-order valence-electron chi connectivity index (χ1n) is 5.67. The molecule has 1 aromatic carbocycles. The van der Waals surface area contributed by atoms with Gasteiger partial charge in [-0.3, -0.25) is 0 Å². The molecule has 0 atom stereocenters. The molecule has 0 heterocycles. The van der Waals surface area contributed by atoms with Crippen LogP contribution in [-0.4, -0.2) is 36.6 Å². The van der Waals surface area contributed by atoms with Gasteiger partial charge in [0.1, 0.15) is 0 Å². The zero-order valence-corrected chi connectivity index (χ0v) is 11.5. The Labute approximate surface area is 113 Å². The molecule has 0 fully saturated rings.